The molecule has 0 aliphatic carbocycles. The average Bonchev–Trinajstić information content (AvgIpc) is 2.35. The molecular formula is C11H13NO6. The largest absolute Gasteiger partial charge is 0.490 e. The summed E-state index contributed by atoms with van der Waals surface area (Å²) in [6, 6.07) is 5.29. The maximum Gasteiger partial charge on any atom is 0.341 e. The van der Waals surface area contributed by atoms with E-state index in [9.17, 15) is 20.0 Å². The van der Waals surface area contributed by atoms with Gasteiger partial charge in [-0.3, -0.25) is 10.1 Å². The van der Waals surface area contributed by atoms with E-state index in [1.807, 2.05) is 0 Å². The Morgan fingerprint density at radius 3 is 2.44 bits per heavy atom. The first-order valence-electron chi connectivity index (χ1n) is 5.05. The van der Waals surface area contributed by atoms with E-state index in [0.717, 1.165) is 7.11 Å². The van der Waals surface area contributed by atoms with E-state index in [2.05, 4.69) is 4.74 Å². The molecule has 1 aromatic carbocycles. The van der Waals surface area contributed by atoms with Crippen molar-refractivity contribution in [3.8, 4) is 5.75 Å². The number of carbonyl (C=O) groups excluding carboxylic acids is 1. The summed E-state index contributed by atoms with van der Waals surface area (Å²) in [6.45, 7) is 0.946. The molecule has 0 amide bonds. The van der Waals surface area contributed by atoms with Crippen LogP contribution in [-0.4, -0.2) is 35.3 Å². The minimum atomic E-state index is -1.77. The predicted molar refractivity (Wildman–Crippen MR) is 61.2 cm³/mol. The lowest BCUT2D eigenvalue weighted by Crippen LogP contribution is -2.42. The maximum atomic E-state index is 11.2. The Morgan fingerprint density at radius 2 is 2.00 bits per heavy atom. The van der Waals surface area contributed by atoms with Gasteiger partial charge in [-0.2, -0.15) is 0 Å². The second kappa shape index (κ2) is 5.46. The van der Waals surface area contributed by atoms with Crippen LogP contribution in [0.15, 0.2) is 24.3 Å². The molecule has 0 spiro atoms. The first-order valence-corrected chi connectivity index (χ1v) is 5.05. The van der Waals surface area contributed by atoms with Crippen LogP contribution in [0, 0.1) is 10.1 Å². The lowest BCUT2D eigenvalue weighted by atomic mass is 10.1. The number of nitrogens with zero attached hydrogens (tertiary/aromatic N) is 1. The Morgan fingerprint density at radius 1 is 1.44 bits per heavy atom. The monoisotopic (exact) mass is 255 g/mol. The van der Waals surface area contributed by atoms with Crippen LogP contribution in [0.1, 0.15) is 6.92 Å². The van der Waals surface area contributed by atoms with Crippen LogP contribution in [0.25, 0.3) is 0 Å². The molecule has 0 bridgehead atoms. The van der Waals surface area contributed by atoms with Crippen LogP contribution < -0.4 is 4.74 Å². The number of hydrogen-bond acceptors (Lipinski definition) is 6. The summed E-state index contributed by atoms with van der Waals surface area (Å²) in [5.41, 5.74) is -1.83. The van der Waals surface area contributed by atoms with Gasteiger partial charge in [0.05, 0.1) is 12.0 Å². The molecule has 0 aliphatic heterocycles. The molecule has 98 valence electrons. The summed E-state index contributed by atoms with van der Waals surface area (Å²) in [6.07, 6.45) is 0. The molecule has 0 fully saturated rings. The maximum absolute atomic E-state index is 11.2. The molecule has 0 aromatic heterocycles. The van der Waals surface area contributed by atoms with Gasteiger partial charge in [-0.25, -0.2) is 4.79 Å². The summed E-state index contributed by atoms with van der Waals surface area (Å²) in [4.78, 5) is 21.0. The fourth-order valence-corrected chi connectivity index (χ4v) is 1.17. The third kappa shape index (κ3) is 3.42. The molecule has 1 unspecified atom stereocenters. The van der Waals surface area contributed by atoms with Gasteiger partial charge in [0.1, 0.15) is 12.4 Å². The Bertz CT molecular complexity index is 439. The normalized spacial score (nSPS) is 13.5. The van der Waals surface area contributed by atoms with Crippen molar-refractivity contribution < 1.29 is 24.3 Å². The number of aliphatic hydroxyl groups is 1. The van der Waals surface area contributed by atoms with Crippen molar-refractivity contribution in [3.63, 3.8) is 0 Å². The average molecular weight is 255 g/mol. The zero-order valence-electron chi connectivity index (χ0n) is 9.95. The smallest absolute Gasteiger partial charge is 0.341 e. The fraction of sp³-hybridized carbons (Fsp3) is 0.364. The molecule has 1 rings (SSSR count). The molecule has 0 heterocycles. The van der Waals surface area contributed by atoms with Gasteiger partial charge in [0.2, 0.25) is 0 Å². The second-order valence-corrected chi connectivity index (χ2v) is 3.81. The van der Waals surface area contributed by atoms with Crippen molar-refractivity contribution in [2.24, 2.45) is 0 Å². The number of non-ortho nitro benzene ring substituents is 1. The lowest BCUT2D eigenvalue weighted by molar-refractivity contribution is -0.384. The summed E-state index contributed by atoms with van der Waals surface area (Å²) >= 11 is 0. The Balaban J connectivity index is 2.64. The Hall–Kier alpha value is -2.15. The second-order valence-electron chi connectivity index (χ2n) is 3.81. The van der Waals surface area contributed by atoms with Gasteiger partial charge in [0, 0.05) is 12.1 Å². The van der Waals surface area contributed by atoms with Gasteiger partial charge in [-0.1, -0.05) is 0 Å². The van der Waals surface area contributed by atoms with Crippen LogP contribution in [0.3, 0.4) is 0 Å². The van der Waals surface area contributed by atoms with Crippen molar-refractivity contribution in [2.45, 2.75) is 12.5 Å². The summed E-state index contributed by atoms with van der Waals surface area (Å²) in [7, 11) is 1.16. The minimum absolute atomic E-state index is 0.0675. The third-order valence-corrected chi connectivity index (χ3v) is 2.19. The van der Waals surface area contributed by atoms with Crippen LogP contribution in [0.4, 0.5) is 5.69 Å². The summed E-state index contributed by atoms with van der Waals surface area (Å²) < 4.78 is 9.55. The topological polar surface area (TPSA) is 98.9 Å². The highest BCUT2D eigenvalue weighted by atomic mass is 16.6. The summed E-state index contributed by atoms with van der Waals surface area (Å²) in [5.74, 6) is -0.505. The van der Waals surface area contributed by atoms with Gasteiger partial charge in [0.15, 0.2) is 5.60 Å². The molecule has 7 nitrogen and oxygen atoms in total. The Kier molecular flexibility index (Phi) is 4.22. The van der Waals surface area contributed by atoms with Crippen molar-refractivity contribution >= 4 is 11.7 Å². The van der Waals surface area contributed by atoms with Gasteiger partial charge in [-0.15, -0.1) is 0 Å². The zero-order valence-corrected chi connectivity index (χ0v) is 9.95. The van der Waals surface area contributed by atoms with Crippen molar-refractivity contribution in [1.82, 2.24) is 0 Å². The van der Waals surface area contributed by atoms with E-state index < -0.39 is 16.5 Å². The molecule has 7 heteroatoms. The number of carbonyl (C=O) groups is 1. The summed E-state index contributed by atoms with van der Waals surface area (Å²) in [5, 5.41) is 20.1. The van der Waals surface area contributed by atoms with E-state index in [4.69, 9.17) is 4.74 Å². The van der Waals surface area contributed by atoms with Crippen LogP contribution in [-0.2, 0) is 9.53 Å². The highest BCUT2D eigenvalue weighted by Crippen LogP contribution is 2.18. The molecule has 0 radical (unpaired) electrons. The van der Waals surface area contributed by atoms with Gasteiger partial charge >= 0.3 is 5.97 Å². The molecule has 18 heavy (non-hydrogen) atoms. The standard InChI is InChI=1S/C11H13NO6/c1-11(14,10(13)17-2)7-18-9-5-3-8(4-6-9)12(15)16/h3-6,14H,7H2,1-2H3. The third-order valence-electron chi connectivity index (χ3n) is 2.19. The minimum Gasteiger partial charge on any atom is -0.490 e. The van der Waals surface area contributed by atoms with E-state index in [1.165, 1.54) is 31.2 Å². The van der Waals surface area contributed by atoms with Crippen LogP contribution >= 0.6 is 0 Å². The quantitative estimate of drug-likeness (QED) is 0.476. The molecule has 0 saturated carbocycles. The number of ether oxygens (including phenoxy) is 2. The van der Waals surface area contributed by atoms with Crippen molar-refractivity contribution in [2.75, 3.05) is 13.7 Å². The van der Waals surface area contributed by atoms with E-state index in [1.54, 1.807) is 0 Å². The predicted octanol–water partition coefficient (Wildman–Crippen LogP) is 0.898. The van der Waals surface area contributed by atoms with Crippen LogP contribution in [0.2, 0.25) is 0 Å². The SMILES string of the molecule is COC(=O)C(C)(O)COc1ccc([N+](=O)[O-])cc1. The number of nitro benzene ring substituents is 1. The zero-order chi connectivity index (χ0) is 13.8. The first-order chi connectivity index (χ1) is 8.36. The Labute approximate surface area is 103 Å². The van der Waals surface area contributed by atoms with Gasteiger partial charge in [-0.05, 0) is 19.1 Å². The number of benzene rings is 1. The molecule has 0 aliphatic rings. The first kappa shape index (κ1) is 13.9. The van der Waals surface area contributed by atoms with E-state index in [0.29, 0.717) is 5.75 Å². The number of nitro groups is 1. The molecule has 1 atom stereocenters. The van der Waals surface area contributed by atoms with Crippen molar-refractivity contribution in [3.05, 3.63) is 34.4 Å². The number of esters is 1. The van der Waals surface area contributed by atoms with E-state index >= 15 is 0 Å². The molecule has 1 aromatic rings. The molecule has 1 N–H and O–H groups in total. The van der Waals surface area contributed by atoms with Crippen molar-refractivity contribution in [1.29, 1.82) is 0 Å². The highest BCUT2D eigenvalue weighted by molar-refractivity contribution is 5.78. The fourth-order valence-electron chi connectivity index (χ4n) is 1.17. The lowest BCUT2D eigenvalue weighted by Gasteiger charge is -2.20. The van der Waals surface area contributed by atoms with Gasteiger partial charge in [0.25, 0.3) is 5.69 Å². The van der Waals surface area contributed by atoms with E-state index in [-0.39, 0.29) is 12.3 Å². The number of methoxy groups -OCH3 is 1. The highest BCUT2D eigenvalue weighted by Gasteiger charge is 2.32. The molecular weight excluding hydrogens is 242 g/mol. The van der Waals surface area contributed by atoms with Gasteiger partial charge < -0.3 is 14.6 Å². The number of rotatable bonds is 5. The molecule has 0 saturated heterocycles. The van der Waals surface area contributed by atoms with Crippen LogP contribution in [0.5, 0.6) is 5.75 Å². The number of hydrogen-bond donors (Lipinski definition) is 1.